The Balaban J connectivity index is 0.00000338. The van der Waals surface area contributed by atoms with E-state index in [1.807, 2.05) is 7.05 Å². The van der Waals surface area contributed by atoms with Crippen molar-refractivity contribution in [3.05, 3.63) is 15.6 Å². The lowest BCUT2D eigenvalue weighted by molar-refractivity contribution is 0.0532. The summed E-state index contributed by atoms with van der Waals surface area (Å²) >= 11 is 1.75. The first-order chi connectivity index (χ1) is 12.0. The van der Waals surface area contributed by atoms with Gasteiger partial charge in [-0.05, 0) is 40.5 Å². The molecule has 6 nitrogen and oxygen atoms in total. The lowest BCUT2D eigenvalue weighted by Gasteiger charge is -2.33. The van der Waals surface area contributed by atoms with Gasteiger partial charge in [0.15, 0.2) is 5.96 Å². The summed E-state index contributed by atoms with van der Waals surface area (Å²) in [4.78, 5) is 12.7. The minimum absolute atomic E-state index is 0. The van der Waals surface area contributed by atoms with Crippen molar-refractivity contribution in [1.29, 1.82) is 0 Å². The van der Waals surface area contributed by atoms with Gasteiger partial charge in [0.25, 0.3) is 0 Å². The molecule has 1 aliphatic rings. The van der Waals surface area contributed by atoms with E-state index < -0.39 is 0 Å². The first kappa shape index (κ1) is 23.6. The summed E-state index contributed by atoms with van der Waals surface area (Å²) in [5, 5.41) is 8.04. The average Bonchev–Trinajstić information content (AvgIpc) is 2.90. The third-order valence-corrected chi connectivity index (χ3v) is 5.56. The molecular formula is C18H34IN5OS. The summed E-state index contributed by atoms with van der Waals surface area (Å²) in [6, 6.07) is 0.480. The molecule has 0 radical (unpaired) electrons. The van der Waals surface area contributed by atoms with Gasteiger partial charge < -0.3 is 20.3 Å². The molecule has 1 aromatic heterocycles. The number of piperidine rings is 1. The van der Waals surface area contributed by atoms with E-state index in [1.54, 1.807) is 11.3 Å². The topological polar surface area (TPSA) is 61.8 Å². The average molecular weight is 495 g/mol. The molecule has 0 atom stereocenters. The maximum atomic E-state index is 5.65. The molecule has 1 fully saturated rings. The Kier molecular flexibility index (Phi) is 11.0. The van der Waals surface area contributed by atoms with Crippen molar-refractivity contribution in [2.24, 2.45) is 4.99 Å². The second-order valence-corrected chi connectivity index (χ2v) is 8.14. The van der Waals surface area contributed by atoms with E-state index in [1.165, 1.54) is 4.88 Å². The van der Waals surface area contributed by atoms with Crippen LogP contribution >= 0.6 is 35.3 Å². The minimum atomic E-state index is 0. The third-order valence-electron chi connectivity index (χ3n) is 4.49. The lowest BCUT2D eigenvalue weighted by Crippen LogP contribution is -2.49. The summed E-state index contributed by atoms with van der Waals surface area (Å²) in [5.41, 5.74) is 1.12. The van der Waals surface area contributed by atoms with Gasteiger partial charge in [0.05, 0.1) is 24.9 Å². The van der Waals surface area contributed by atoms with Gasteiger partial charge in [-0.3, -0.25) is 4.99 Å². The number of nitrogens with zero attached hydrogens (tertiary/aromatic N) is 3. The molecular weight excluding hydrogens is 461 g/mol. The fraction of sp³-hybridized carbons (Fsp3) is 0.778. The summed E-state index contributed by atoms with van der Waals surface area (Å²) in [5.74, 6) is 0.868. The van der Waals surface area contributed by atoms with E-state index >= 15 is 0 Å². The summed E-state index contributed by atoms with van der Waals surface area (Å²) in [6.45, 7) is 13.1. The van der Waals surface area contributed by atoms with Crippen LogP contribution in [0.4, 0.5) is 0 Å². The van der Waals surface area contributed by atoms with Crippen molar-refractivity contribution in [1.82, 2.24) is 20.5 Å². The van der Waals surface area contributed by atoms with Crippen LogP contribution in [0.1, 0.15) is 42.3 Å². The van der Waals surface area contributed by atoms with Crippen LogP contribution in [-0.2, 0) is 11.3 Å². The highest BCUT2D eigenvalue weighted by Gasteiger charge is 2.19. The molecule has 1 saturated heterocycles. The van der Waals surface area contributed by atoms with Crippen LogP contribution < -0.4 is 10.6 Å². The molecule has 26 heavy (non-hydrogen) atoms. The van der Waals surface area contributed by atoms with Gasteiger partial charge in [-0.15, -0.1) is 35.3 Å². The van der Waals surface area contributed by atoms with Crippen LogP contribution in [0.3, 0.4) is 0 Å². The monoisotopic (exact) mass is 495 g/mol. The van der Waals surface area contributed by atoms with Crippen molar-refractivity contribution < 1.29 is 4.74 Å². The second-order valence-electron chi connectivity index (χ2n) is 6.85. The van der Waals surface area contributed by atoms with Gasteiger partial charge >= 0.3 is 0 Å². The van der Waals surface area contributed by atoms with Crippen molar-refractivity contribution in [2.45, 2.75) is 59.2 Å². The van der Waals surface area contributed by atoms with E-state index in [9.17, 15) is 0 Å². The number of likely N-dealkylation sites (tertiary alicyclic amines) is 1. The normalized spacial score (nSPS) is 16.6. The Labute approximate surface area is 179 Å². The number of aliphatic imine (C=N–C) groups is 1. The fourth-order valence-electron chi connectivity index (χ4n) is 2.88. The first-order valence-electron chi connectivity index (χ1n) is 9.22. The number of aromatic nitrogens is 1. The zero-order valence-electron chi connectivity index (χ0n) is 16.7. The number of thiazole rings is 1. The zero-order chi connectivity index (χ0) is 18.2. The molecule has 2 N–H and O–H groups in total. The molecule has 0 saturated carbocycles. The highest BCUT2D eigenvalue weighted by atomic mass is 127. The predicted octanol–water partition coefficient (Wildman–Crippen LogP) is 2.93. The quantitative estimate of drug-likeness (QED) is 0.346. The van der Waals surface area contributed by atoms with Crippen LogP contribution in [-0.4, -0.2) is 61.3 Å². The fourth-order valence-corrected chi connectivity index (χ4v) is 3.75. The van der Waals surface area contributed by atoms with Crippen LogP contribution in [0.25, 0.3) is 0 Å². The highest BCUT2D eigenvalue weighted by molar-refractivity contribution is 14.0. The highest BCUT2D eigenvalue weighted by Crippen LogP contribution is 2.16. The molecule has 150 valence electrons. The molecule has 1 aliphatic heterocycles. The molecule has 2 heterocycles. The number of hydrogen-bond acceptors (Lipinski definition) is 5. The number of hydrogen-bond donors (Lipinski definition) is 2. The van der Waals surface area contributed by atoms with Gasteiger partial charge in [0.1, 0.15) is 5.01 Å². The van der Waals surface area contributed by atoms with E-state index in [0.29, 0.717) is 12.1 Å². The number of ether oxygens (including phenoxy) is 1. The maximum absolute atomic E-state index is 5.65. The zero-order valence-corrected chi connectivity index (χ0v) is 19.8. The Morgan fingerprint density at radius 2 is 2.04 bits per heavy atom. The number of nitrogens with one attached hydrogen (secondary N) is 2. The van der Waals surface area contributed by atoms with Crippen LogP contribution in [0, 0.1) is 13.8 Å². The van der Waals surface area contributed by atoms with Gasteiger partial charge in [-0.2, -0.15) is 0 Å². The standard InChI is InChI=1S/C18H33N5OS.HI/c1-13(2)24-11-10-23-8-6-16(7-9-23)22-18(19-5)20-12-17-21-14(3)15(4)25-17;/h13,16H,6-12H2,1-5H3,(H2,19,20,22);1H. The molecule has 2 rings (SSSR count). The van der Waals surface area contributed by atoms with Crippen LogP contribution in [0.2, 0.25) is 0 Å². The maximum Gasteiger partial charge on any atom is 0.191 e. The Hall–Kier alpha value is -0.450. The molecule has 0 bridgehead atoms. The van der Waals surface area contributed by atoms with Crippen molar-refractivity contribution >= 4 is 41.3 Å². The number of rotatable bonds is 7. The second kappa shape index (κ2) is 12.1. The van der Waals surface area contributed by atoms with Gasteiger partial charge in [0, 0.05) is 37.6 Å². The SMILES string of the molecule is CN=C(NCc1nc(C)c(C)s1)NC1CCN(CCOC(C)C)CC1.I. The summed E-state index contributed by atoms with van der Waals surface area (Å²) < 4.78 is 5.65. The van der Waals surface area contributed by atoms with E-state index in [-0.39, 0.29) is 24.0 Å². The van der Waals surface area contributed by atoms with Crippen LogP contribution in [0.5, 0.6) is 0 Å². The van der Waals surface area contributed by atoms with E-state index in [4.69, 9.17) is 4.74 Å². The number of guanidine groups is 1. The smallest absolute Gasteiger partial charge is 0.191 e. The largest absolute Gasteiger partial charge is 0.377 e. The van der Waals surface area contributed by atoms with Crippen molar-refractivity contribution in [2.75, 3.05) is 33.3 Å². The molecule has 0 spiro atoms. The molecule has 0 aromatic carbocycles. The molecule has 0 aliphatic carbocycles. The van der Waals surface area contributed by atoms with Gasteiger partial charge in [-0.1, -0.05) is 0 Å². The third kappa shape index (κ3) is 8.06. The Morgan fingerprint density at radius 1 is 1.35 bits per heavy atom. The number of aryl methyl sites for hydroxylation is 2. The number of halogens is 1. The van der Waals surface area contributed by atoms with Gasteiger partial charge in [-0.25, -0.2) is 4.98 Å². The molecule has 8 heteroatoms. The summed E-state index contributed by atoms with van der Waals surface area (Å²) in [6.07, 6.45) is 2.59. The lowest BCUT2D eigenvalue weighted by atomic mass is 10.1. The molecule has 1 aromatic rings. The van der Waals surface area contributed by atoms with E-state index in [2.05, 4.69) is 53.2 Å². The Morgan fingerprint density at radius 3 is 2.58 bits per heavy atom. The predicted molar refractivity (Wildman–Crippen MR) is 121 cm³/mol. The van der Waals surface area contributed by atoms with Gasteiger partial charge in [0.2, 0.25) is 0 Å². The molecule has 0 amide bonds. The van der Waals surface area contributed by atoms with Crippen molar-refractivity contribution in [3.63, 3.8) is 0 Å². The Bertz CT molecular complexity index is 536. The van der Waals surface area contributed by atoms with Crippen molar-refractivity contribution in [3.8, 4) is 0 Å². The summed E-state index contributed by atoms with van der Waals surface area (Å²) in [7, 11) is 1.83. The first-order valence-corrected chi connectivity index (χ1v) is 10.0. The molecule has 0 unspecified atom stereocenters. The van der Waals surface area contributed by atoms with E-state index in [0.717, 1.165) is 62.3 Å². The minimum Gasteiger partial charge on any atom is -0.377 e. The van der Waals surface area contributed by atoms with Crippen LogP contribution in [0.15, 0.2) is 4.99 Å².